The van der Waals surface area contributed by atoms with Gasteiger partial charge in [-0.2, -0.15) is 0 Å². The molecule has 0 aromatic carbocycles. The van der Waals surface area contributed by atoms with Crippen LogP contribution in [0.5, 0.6) is 5.75 Å². The maximum Gasteiger partial charge on any atom is 0.412 e. The first-order valence-corrected chi connectivity index (χ1v) is 7.26. The van der Waals surface area contributed by atoms with E-state index in [2.05, 4.69) is 15.2 Å². The van der Waals surface area contributed by atoms with Crippen LogP contribution in [0.2, 0.25) is 0 Å². The van der Waals surface area contributed by atoms with Gasteiger partial charge >= 0.3 is 6.09 Å². The molecule has 1 amide bonds. The first kappa shape index (κ1) is 16.4. The van der Waals surface area contributed by atoms with Crippen LogP contribution in [0.1, 0.15) is 20.8 Å². The number of hydrogen-bond acceptors (Lipinski definition) is 6. The van der Waals surface area contributed by atoms with Crippen LogP contribution in [-0.4, -0.2) is 50.1 Å². The Morgan fingerprint density at radius 1 is 1.36 bits per heavy atom. The first-order valence-electron chi connectivity index (χ1n) is 7.26. The van der Waals surface area contributed by atoms with Crippen molar-refractivity contribution in [3.05, 3.63) is 12.3 Å². The quantitative estimate of drug-likeness (QED) is 0.923. The van der Waals surface area contributed by atoms with Crippen molar-refractivity contribution in [1.29, 1.82) is 0 Å². The van der Waals surface area contributed by atoms with Gasteiger partial charge in [0.15, 0.2) is 11.6 Å². The highest BCUT2D eigenvalue weighted by Crippen LogP contribution is 2.34. The van der Waals surface area contributed by atoms with Crippen LogP contribution in [0.3, 0.4) is 0 Å². The molecule has 1 saturated heterocycles. The molecule has 0 radical (unpaired) electrons. The van der Waals surface area contributed by atoms with Gasteiger partial charge in [-0.25, -0.2) is 9.78 Å². The number of rotatable bonds is 3. The molecule has 2 heterocycles. The van der Waals surface area contributed by atoms with Crippen LogP contribution < -0.4 is 15.0 Å². The third kappa shape index (κ3) is 4.24. The van der Waals surface area contributed by atoms with E-state index in [-0.39, 0.29) is 0 Å². The molecule has 0 saturated carbocycles. The van der Waals surface area contributed by atoms with Crippen molar-refractivity contribution in [3.63, 3.8) is 0 Å². The van der Waals surface area contributed by atoms with Gasteiger partial charge in [-0.05, 0) is 26.8 Å². The topological polar surface area (TPSA) is 72.9 Å². The summed E-state index contributed by atoms with van der Waals surface area (Å²) in [6.07, 6.45) is 1.12. The zero-order valence-electron chi connectivity index (χ0n) is 13.5. The number of anilines is 2. The number of carbonyl (C=O) groups excluding carboxylic acids is 1. The Bertz CT molecular complexity index is 522. The minimum Gasteiger partial charge on any atom is -0.491 e. The van der Waals surface area contributed by atoms with Crippen molar-refractivity contribution in [2.75, 3.05) is 43.6 Å². The third-order valence-electron chi connectivity index (χ3n) is 3.04. The van der Waals surface area contributed by atoms with Crippen LogP contribution in [0.15, 0.2) is 12.3 Å². The summed E-state index contributed by atoms with van der Waals surface area (Å²) in [6.45, 7) is 8.21. The maximum absolute atomic E-state index is 11.9. The summed E-state index contributed by atoms with van der Waals surface area (Å²) in [6, 6.07) is 1.69. The molecule has 1 aliphatic rings. The summed E-state index contributed by atoms with van der Waals surface area (Å²) in [5.74, 6) is 1.22. The van der Waals surface area contributed by atoms with Gasteiger partial charge in [0.05, 0.1) is 26.0 Å². The van der Waals surface area contributed by atoms with E-state index >= 15 is 0 Å². The van der Waals surface area contributed by atoms with Crippen LogP contribution >= 0.6 is 0 Å². The van der Waals surface area contributed by atoms with E-state index in [1.165, 1.54) is 0 Å². The summed E-state index contributed by atoms with van der Waals surface area (Å²) >= 11 is 0. The predicted octanol–water partition coefficient (Wildman–Crippen LogP) is 2.27. The Balaban J connectivity index is 2.19. The Morgan fingerprint density at radius 3 is 2.64 bits per heavy atom. The zero-order valence-corrected chi connectivity index (χ0v) is 13.5. The number of amides is 1. The number of nitrogens with one attached hydrogen (secondary N) is 1. The minimum atomic E-state index is -0.558. The van der Waals surface area contributed by atoms with Crippen LogP contribution in [0.25, 0.3) is 0 Å². The van der Waals surface area contributed by atoms with Gasteiger partial charge in [0.2, 0.25) is 0 Å². The van der Waals surface area contributed by atoms with Gasteiger partial charge in [0, 0.05) is 19.3 Å². The first-order chi connectivity index (χ1) is 10.4. The number of hydrogen-bond donors (Lipinski definition) is 1. The number of pyridine rings is 1. The maximum atomic E-state index is 11.9. The molecule has 0 unspecified atom stereocenters. The lowest BCUT2D eigenvalue weighted by molar-refractivity contribution is 0.0635. The summed E-state index contributed by atoms with van der Waals surface area (Å²) in [5, 5.41) is 2.71. The molecule has 1 N–H and O–H groups in total. The molecule has 1 fully saturated rings. The lowest BCUT2D eigenvalue weighted by Gasteiger charge is -2.29. The van der Waals surface area contributed by atoms with E-state index in [1.54, 1.807) is 19.4 Å². The van der Waals surface area contributed by atoms with Crippen molar-refractivity contribution >= 4 is 17.6 Å². The fourth-order valence-electron chi connectivity index (χ4n) is 2.15. The molecule has 7 nitrogen and oxygen atoms in total. The Hall–Kier alpha value is -2.02. The fraction of sp³-hybridized carbons (Fsp3) is 0.600. The molecular weight excluding hydrogens is 286 g/mol. The summed E-state index contributed by atoms with van der Waals surface area (Å²) in [7, 11) is 1.56. The molecule has 1 aliphatic heterocycles. The monoisotopic (exact) mass is 309 g/mol. The molecule has 1 aromatic rings. The number of aromatic nitrogens is 1. The van der Waals surface area contributed by atoms with Gasteiger partial charge in [0.25, 0.3) is 0 Å². The molecular formula is C15H23N3O4. The largest absolute Gasteiger partial charge is 0.491 e. The van der Waals surface area contributed by atoms with Crippen LogP contribution in [0, 0.1) is 0 Å². The Labute approximate surface area is 130 Å². The second kappa shape index (κ2) is 6.83. The molecule has 122 valence electrons. The highest BCUT2D eigenvalue weighted by molar-refractivity contribution is 5.88. The van der Waals surface area contributed by atoms with Gasteiger partial charge in [-0.1, -0.05) is 0 Å². The normalized spacial score (nSPS) is 15.4. The molecule has 7 heteroatoms. The standard InChI is InChI=1S/C15H23N3O4/c1-15(2,3)22-14(19)17-11-5-6-16-13(12(11)20-4)18-7-9-21-10-8-18/h5-6H,7-10H2,1-4H3,(H,16,17,19). The molecule has 0 bridgehead atoms. The molecule has 0 aliphatic carbocycles. The summed E-state index contributed by atoms with van der Waals surface area (Å²) < 4.78 is 16.1. The fourth-order valence-corrected chi connectivity index (χ4v) is 2.15. The average molecular weight is 309 g/mol. The van der Waals surface area contributed by atoms with E-state index in [0.29, 0.717) is 30.5 Å². The number of ether oxygens (including phenoxy) is 3. The molecule has 0 atom stereocenters. The van der Waals surface area contributed by atoms with Crippen molar-refractivity contribution in [2.24, 2.45) is 0 Å². The van der Waals surface area contributed by atoms with Crippen LogP contribution in [-0.2, 0) is 9.47 Å². The van der Waals surface area contributed by atoms with Gasteiger partial charge in [-0.3, -0.25) is 5.32 Å². The second-order valence-electron chi connectivity index (χ2n) is 5.94. The Morgan fingerprint density at radius 2 is 2.05 bits per heavy atom. The highest BCUT2D eigenvalue weighted by atomic mass is 16.6. The van der Waals surface area contributed by atoms with Crippen molar-refractivity contribution in [2.45, 2.75) is 26.4 Å². The van der Waals surface area contributed by atoms with Crippen molar-refractivity contribution in [3.8, 4) is 5.75 Å². The minimum absolute atomic E-state index is 0.523. The van der Waals surface area contributed by atoms with E-state index in [4.69, 9.17) is 14.2 Å². The molecule has 2 rings (SSSR count). The smallest absolute Gasteiger partial charge is 0.412 e. The second-order valence-corrected chi connectivity index (χ2v) is 5.94. The van der Waals surface area contributed by atoms with E-state index in [0.717, 1.165) is 13.1 Å². The molecule has 1 aromatic heterocycles. The number of methoxy groups -OCH3 is 1. The highest BCUT2D eigenvalue weighted by Gasteiger charge is 2.22. The summed E-state index contributed by atoms with van der Waals surface area (Å²) in [5.41, 5.74) is -0.0227. The molecule has 22 heavy (non-hydrogen) atoms. The van der Waals surface area contributed by atoms with Gasteiger partial charge < -0.3 is 19.1 Å². The summed E-state index contributed by atoms with van der Waals surface area (Å²) in [4.78, 5) is 18.4. The zero-order chi connectivity index (χ0) is 16.2. The van der Waals surface area contributed by atoms with E-state index in [1.807, 2.05) is 20.8 Å². The lowest BCUT2D eigenvalue weighted by atomic mass is 10.2. The average Bonchev–Trinajstić information content (AvgIpc) is 2.46. The van der Waals surface area contributed by atoms with Crippen molar-refractivity contribution in [1.82, 2.24) is 4.98 Å². The van der Waals surface area contributed by atoms with E-state index in [9.17, 15) is 4.79 Å². The van der Waals surface area contributed by atoms with Gasteiger partial charge in [0.1, 0.15) is 5.60 Å². The number of morpholine rings is 1. The van der Waals surface area contributed by atoms with E-state index < -0.39 is 11.7 Å². The molecule has 0 spiro atoms. The SMILES string of the molecule is COc1c(NC(=O)OC(C)(C)C)ccnc1N1CCOCC1. The Kier molecular flexibility index (Phi) is 5.07. The van der Waals surface area contributed by atoms with Gasteiger partial charge in [-0.15, -0.1) is 0 Å². The number of nitrogens with zero attached hydrogens (tertiary/aromatic N) is 2. The number of carbonyl (C=O) groups is 1. The van der Waals surface area contributed by atoms with Crippen molar-refractivity contribution < 1.29 is 19.0 Å². The van der Waals surface area contributed by atoms with Crippen LogP contribution in [0.4, 0.5) is 16.3 Å². The predicted molar refractivity (Wildman–Crippen MR) is 83.7 cm³/mol. The lowest BCUT2D eigenvalue weighted by Crippen LogP contribution is -2.37. The third-order valence-corrected chi connectivity index (χ3v) is 3.04.